The molecule has 0 atom stereocenters. The van der Waals surface area contributed by atoms with Crippen molar-refractivity contribution in [2.75, 3.05) is 0 Å². The van der Waals surface area contributed by atoms with E-state index >= 15 is 0 Å². The summed E-state index contributed by atoms with van der Waals surface area (Å²) in [5, 5.41) is 8.89. The Bertz CT molecular complexity index is 764. The molecule has 2 aromatic carbocycles. The number of nitriles is 1. The van der Waals surface area contributed by atoms with Crippen LogP contribution in [-0.4, -0.2) is 0 Å². The van der Waals surface area contributed by atoms with Gasteiger partial charge in [0.1, 0.15) is 5.82 Å². The molecule has 1 fully saturated rings. The van der Waals surface area contributed by atoms with Gasteiger partial charge in [0.15, 0.2) is 0 Å². The maximum absolute atomic E-state index is 14.6. The van der Waals surface area contributed by atoms with E-state index in [1.807, 2.05) is 18.2 Å². The molecule has 0 saturated heterocycles. The number of rotatable bonds is 7. The van der Waals surface area contributed by atoms with Gasteiger partial charge in [-0.3, -0.25) is 0 Å². The third kappa shape index (κ3) is 5.42. The monoisotopic (exact) mass is 363 g/mol. The van der Waals surface area contributed by atoms with Crippen LogP contribution in [0.4, 0.5) is 4.39 Å². The Hall–Kier alpha value is -2.14. The molecular weight excluding hydrogens is 333 g/mol. The highest BCUT2D eigenvalue weighted by Crippen LogP contribution is 2.34. The van der Waals surface area contributed by atoms with Crippen LogP contribution in [-0.2, 0) is 6.42 Å². The van der Waals surface area contributed by atoms with Crippen molar-refractivity contribution in [3.63, 3.8) is 0 Å². The number of aryl methyl sites for hydroxylation is 1. The van der Waals surface area contributed by atoms with Crippen LogP contribution in [0.2, 0.25) is 0 Å². The maximum Gasteiger partial charge on any atom is 0.131 e. The minimum atomic E-state index is -0.166. The van der Waals surface area contributed by atoms with Crippen LogP contribution < -0.4 is 0 Å². The lowest BCUT2D eigenvalue weighted by molar-refractivity contribution is 0.250. The normalized spacial score (nSPS) is 19.6. The van der Waals surface area contributed by atoms with E-state index in [-0.39, 0.29) is 5.82 Å². The highest BCUT2D eigenvalue weighted by Gasteiger charge is 2.20. The van der Waals surface area contributed by atoms with Gasteiger partial charge in [0.2, 0.25) is 0 Å². The van der Waals surface area contributed by atoms with Crippen LogP contribution in [0, 0.1) is 29.0 Å². The van der Waals surface area contributed by atoms with Crippen LogP contribution >= 0.6 is 0 Å². The largest absolute Gasteiger partial charge is 0.206 e. The Kier molecular flexibility index (Phi) is 7.04. The molecule has 2 aromatic rings. The molecule has 3 rings (SSSR count). The van der Waals surface area contributed by atoms with Crippen molar-refractivity contribution in [2.24, 2.45) is 11.8 Å². The minimum absolute atomic E-state index is 0.166. The highest BCUT2D eigenvalue weighted by atomic mass is 19.1. The van der Waals surface area contributed by atoms with Gasteiger partial charge in [-0.2, -0.15) is 5.26 Å². The minimum Gasteiger partial charge on any atom is -0.206 e. The van der Waals surface area contributed by atoms with Crippen LogP contribution in [0.25, 0.3) is 11.1 Å². The second kappa shape index (κ2) is 9.70. The molecule has 0 radical (unpaired) electrons. The molecule has 0 aliphatic heterocycles. The van der Waals surface area contributed by atoms with E-state index < -0.39 is 0 Å². The Morgan fingerprint density at radius 3 is 2.22 bits per heavy atom. The summed E-state index contributed by atoms with van der Waals surface area (Å²) in [6, 6.07) is 14.8. The molecule has 0 N–H and O–H groups in total. The molecule has 0 bridgehead atoms. The maximum atomic E-state index is 14.6. The van der Waals surface area contributed by atoms with Gasteiger partial charge in [-0.15, -0.1) is 0 Å². The van der Waals surface area contributed by atoms with Gasteiger partial charge in [-0.05, 0) is 54.0 Å². The number of unbranched alkanes of at least 4 members (excludes halogenated alkanes) is 1. The number of hydrogen-bond donors (Lipinski definition) is 0. The zero-order valence-corrected chi connectivity index (χ0v) is 16.4. The first-order chi connectivity index (χ1) is 13.2. The Morgan fingerprint density at radius 1 is 0.963 bits per heavy atom. The third-order valence-corrected chi connectivity index (χ3v) is 6.13. The summed E-state index contributed by atoms with van der Waals surface area (Å²) in [7, 11) is 0. The summed E-state index contributed by atoms with van der Waals surface area (Å²) >= 11 is 0. The molecule has 142 valence electrons. The van der Waals surface area contributed by atoms with Gasteiger partial charge >= 0.3 is 0 Å². The molecular formula is C25H30FN. The zero-order chi connectivity index (χ0) is 19.1. The Morgan fingerprint density at radius 2 is 1.63 bits per heavy atom. The lowest BCUT2D eigenvalue weighted by atomic mass is 9.78. The van der Waals surface area contributed by atoms with Gasteiger partial charge in [-0.1, -0.05) is 76.1 Å². The van der Waals surface area contributed by atoms with E-state index in [4.69, 9.17) is 5.26 Å². The summed E-state index contributed by atoms with van der Waals surface area (Å²) < 4.78 is 14.6. The topological polar surface area (TPSA) is 23.8 Å². The number of hydrogen-bond acceptors (Lipinski definition) is 1. The van der Waals surface area contributed by atoms with Crippen LogP contribution in [0.5, 0.6) is 0 Å². The van der Waals surface area contributed by atoms with Crippen molar-refractivity contribution < 1.29 is 4.39 Å². The fourth-order valence-electron chi connectivity index (χ4n) is 4.34. The fourth-order valence-corrected chi connectivity index (χ4v) is 4.34. The second-order valence-electron chi connectivity index (χ2n) is 8.07. The van der Waals surface area contributed by atoms with Crippen molar-refractivity contribution in [1.29, 1.82) is 5.26 Å². The lowest BCUT2D eigenvalue weighted by Crippen LogP contribution is -2.15. The van der Waals surface area contributed by atoms with Gasteiger partial charge < -0.3 is 0 Å². The molecule has 0 unspecified atom stereocenters. The molecule has 1 nitrogen and oxygen atoms in total. The predicted octanol–water partition coefficient (Wildman–Crippen LogP) is 7.29. The molecule has 1 saturated carbocycles. The van der Waals surface area contributed by atoms with Crippen LogP contribution in [0.3, 0.4) is 0 Å². The smallest absolute Gasteiger partial charge is 0.131 e. The third-order valence-electron chi connectivity index (χ3n) is 6.13. The fraction of sp³-hybridized carbons (Fsp3) is 0.480. The van der Waals surface area contributed by atoms with E-state index in [0.29, 0.717) is 11.1 Å². The summed E-state index contributed by atoms with van der Waals surface area (Å²) in [4.78, 5) is 0. The summed E-state index contributed by atoms with van der Waals surface area (Å²) in [6.07, 6.45) is 11.7. The zero-order valence-electron chi connectivity index (χ0n) is 16.4. The molecule has 1 aliphatic carbocycles. The number of benzene rings is 2. The molecule has 0 heterocycles. The standard InChI is InChI=1S/C25H30FN/c1-2-3-4-19-5-7-20(8-6-19)9-10-21-13-16-24(25(26)17-21)23-14-11-22(18-27)12-15-23/h11-17,19-20H,2-10H2,1H3/t19-,20-. The molecule has 27 heavy (non-hydrogen) atoms. The Balaban J connectivity index is 1.53. The van der Waals surface area contributed by atoms with E-state index in [1.54, 1.807) is 18.2 Å². The Labute approximate surface area is 163 Å². The second-order valence-corrected chi connectivity index (χ2v) is 8.07. The van der Waals surface area contributed by atoms with Crippen molar-refractivity contribution in [3.8, 4) is 17.2 Å². The van der Waals surface area contributed by atoms with Gasteiger partial charge in [0.25, 0.3) is 0 Å². The highest BCUT2D eigenvalue weighted by molar-refractivity contribution is 5.65. The molecule has 0 aromatic heterocycles. The van der Waals surface area contributed by atoms with E-state index in [1.165, 1.54) is 51.4 Å². The average Bonchev–Trinajstić information content (AvgIpc) is 2.72. The first kappa shape index (κ1) is 19.6. The van der Waals surface area contributed by atoms with Crippen molar-refractivity contribution >= 4 is 0 Å². The van der Waals surface area contributed by atoms with Crippen LogP contribution in [0.1, 0.15) is 69.4 Å². The first-order valence-electron chi connectivity index (χ1n) is 10.5. The van der Waals surface area contributed by atoms with Crippen molar-refractivity contribution in [1.82, 2.24) is 0 Å². The molecule has 0 amide bonds. The lowest BCUT2D eigenvalue weighted by Gasteiger charge is -2.28. The van der Waals surface area contributed by atoms with Crippen molar-refractivity contribution in [3.05, 3.63) is 59.4 Å². The van der Waals surface area contributed by atoms with Crippen molar-refractivity contribution in [2.45, 2.75) is 64.7 Å². The number of halogens is 1. The quantitative estimate of drug-likeness (QED) is 0.506. The average molecular weight is 364 g/mol. The molecule has 1 aliphatic rings. The van der Waals surface area contributed by atoms with E-state index in [2.05, 4.69) is 19.1 Å². The van der Waals surface area contributed by atoms with E-state index in [9.17, 15) is 4.39 Å². The predicted molar refractivity (Wildman–Crippen MR) is 110 cm³/mol. The summed E-state index contributed by atoms with van der Waals surface area (Å²) in [5.74, 6) is 1.59. The van der Waals surface area contributed by atoms with Gasteiger partial charge in [-0.25, -0.2) is 4.39 Å². The molecule has 0 spiro atoms. The van der Waals surface area contributed by atoms with Crippen LogP contribution in [0.15, 0.2) is 42.5 Å². The molecule has 2 heteroatoms. The summed E-state index contributed by atoms with van der Waals surface area (Å²) in [6.45, 7) is 2.28. The SMILES string of the molecule is CCCC[C@H]1CC[C@H](CCc2ccc(-c3ccc(C#N)cc3)c(F)c2)CC1. The van der Waals surface area contributed by atoms with E-state index in [0.717, 1.165) is 29.4 Å². The van der Waals surface area contributed by atoms with Gasteiger partial charge in [0, 0.05) is 5.56 Å². The summed E-state index contributed by atoms with van der Waals surface area (Å²) in [5.41, 5.74) is 3.13. The van der Waals surface area contributed by atoms with Gasteiger partial charge in [0.05, 0.1) is 11.6 Å². The number of nitrogens with zero attached hydrogens (tertiary/aromatic N) is 1. The first-order valence-corrected chi connectivity index (χ1v) is 10.5.